The molecule has 1 aliphatic rings. The SMILES string of the molecule is Cc1ccc2c(c1)-n1nnc(C)c1Cc1c(-c3nc(C(C)C)no3)ncn1-2. The summed E-state index contributed by atoms with van der Waals surface area (Å²) in [5, 5.41) is 12.7. The third-order valence-corrected chi connectivity index (χ3v) is 4.94. The maximum atomic E-state index is 5.51. The van der Waals surface area contributed by atoms with Crippen LogP contribution in [-0.4, -0.2) is 34.7 Å². The lowest BCUT2D eigenvalue weighted by molar-refractivity contribution is 0.418. The highest BCUT2D eigenvalue weighted by Gasteiger charge is 2.27. The zero-order valence-electron chi connectivity index (χ0n) is 15.6. The lowest BCUT2D eigenvalue weighted by Gasteiger charge is -2.10. The minimum atomic E-state index is 0.195. The Bertz CT molecular complexity index is 1160. The fourth-order valence-corrected chi connectivity index (χ4v) is 3.43. The summed E-state index contributed by atoms with van der Waals surface area (Å²) in [7, 11) is 0. The summed E-state index contributed by atoms with van der Waals surface area (Å²) in [6.07, 6.45) is 2.44. The van der Waals surface area contributed by atoms with Crippen molar-refractivity contribution in [2.45, 2.75) is 40.0 Å². The zero-order valence-corrected chi connectivity index (χ0v) is 15.6. The van der Waals surface area contributed by atoms with Gasteiger partial charge in [0, 0.05) is 12.3 Å². The number of aromatic nitrogens is 7. The van der Waals surface area contributed by atoms with Gasteiger partial charge in [-0.2, -0.15) is 4.98 Å². The second kappa shape index (κ2) is 5.60. The Morgan fingerprint density at radius 2 is 1.96 bits per heavy atom. The van der Waals surface area contributed by atoms with Crippen molar-refractivity contribution in [2.24, 2.45) is 0 Å². The van der Waals surface area contributed by atoms with Crippen LogP contribution in [0.25, 0.3) is 23.0 Å². The molecule has 4 heterocycles. The molecule has 8 heteroatoms. The topological polar surface area (TPSA) is 87.4 Å². The van der Waals surface area contributed by atoms with Gasteiger partial charge in [-0.05, 0) is 31.5 Å². The van der Waals surface area contributed by atoms with Gasteiger partial charge in [-0.1, -0.05) is 30.3 Å². The molecule has 1 aliphatic heterocycles. The number of benzene rings is 1. The molecule has 0 spiro atoms. The van der Waals surface area contributed by atoms with Gasteiger partial charge in [0.2, 0.25) is 0 Å². The Morgan fingerprint density at radius 1 is 1.11 bits per heavy atom. The van der Waals surface area contributed by atoms with Gasteiger partial charge in [0.25, 0.3) is 5.89 Å². The number of nitrogens with zero attached hydrogens (tertiary/aromatic N) is 7. The highest BCUT2D eigenvalue weighted by atomic mass is 16.5. The van der Waals surface area contributed by atoms with E-state index < -0.39 is 0 Å². The quantitative estimate of drug-likeness (QED) is 0.480. The molecule has 0 amide bonds. The Hall–Kier alpha value is -3.29. The van der Waals surface area contributed by atoms with Crippen molar-refractivity contribution in [3.8, 4) is 23.0 Å². The van der Waals surface area contributed by atoms with Crippen molar-refractivity contribution in [2.75, 3.05) is 0 Å². The molecular weight excluding hydrogens is 342 g/mol. The minimum absolute atomic E-state index is 0.195. The predicted molar refractivity (Wildman–Crippen MR) is 98.1 cm³/mol. The molecule has 0 bridgehead atoms. The monoisotopic (exact) mass is 361 g/mol. The first kappa shape index (κ1) is 15.9. The molecule has 5 rings (SSSR count). The largest absolute Gasteiger partial charge is 0.332 e. The van der Waals surface area contributed by atoms with Gasteiger partial charge in [-0.15, -0.1) is 5.10 Å². The molecule has 0 radical (unpaired) electrons. The first-order valence-corrected chi connectivity index (χ1v) is 8.95. The number of aryl methyl sites for hydroxylation is 2. The molecule has 0 saturated heterocycles. The average Bonchev–Trinajstić information content (AvgIpc) is 3.33. The lowest BCUT2D eigenvalue weighted by Crippen LogP contribution is -2.03. The first-order valence-electron chi connectivity index (χ1n) is 8.95. The maximum absolute atomic E-state index is 5.51. The van der Waals surface area contributed by atoms with Gasteiger partial charge in [0.05, 0.1) is 28.5 Å². The van der Waals surface area contributed by atoms with E-state index in [-0.39, 0.29) is 5.92 Å². The molecule has 27 heavy (non-hydrogen) atoms. The predicted octanol–water partition coefficient (Wildman–Crippen LogP) is 3.15. The molecule has 136 valence electrons. The summed E-state index contributed by atoms with van der Waals surface area (Å²) < 4.78 is 9.51. The van der Waals surface area contributed by atoms with Crippen LogP contribution in [0.1, 0.15) is 48.2 Å². The van der Waals surface area contributed by atoms with Crippen LogP contribution < -0.4 is 0 Å². The van der Waals surface area contributed by atoms with Crippen molar-refractivity contribution in [1.29, 1.82) is 0 Å². The van der Waals surface area contributed by atoms with Crippen molar-refractivity contribution in [1.82, 2.24) is 34.7 Å². The Balaban J connectivity index is 1.76. The third kappa shape index (κ3) is 2.33. The van der Waals surface area contributed by atoms with Gasteiger partial charge < -0.3 is 4.52 Å². The van der Waals surface area contributed by atoms with Crippen LogP contribution in [0.3, 0.4) is 0 Å². The van der Waals surface area contributed by atoms with Crippen LogP contribution in [0, 0.1) is 13.8 Å². The van der Waals surface area contributed by atoms with E-state index in [2.05, 4.69) is 55.1 Å². The Morgan fingerprint density at radius 3 is 2.74 bits per heavy atom. The van der Waals surface area contributed by atoms with Gasteiger partial charge in [-0.25, -0.2) is 9.67 Å². The number of fused-ring (bicyclic) bond motifs is 5. The molecule has 0 atom stereocenters. The van der Waals surface area contributed by atoms with Crippen LogP contribution in [0.15, 0.2) is 29.0 Å². The van der Waals surface area contributed by atoms with Crippen molar-refractivity contribution in [3.63, 3.8) is 0 Å². The normalized spacial score (nSPS) is 12.6. The van der Waals surface area contributed by atoms with Crippen LogP contribution in [-0.2, 0) is 6.42 Å². The van der Waals surface area contributed by atoms with Crippen LogP contribution >= 0.6 is 0 Å². The standard InChI is InChI=1S/C19H19N7O/c1-10(2)18-21-19(27-23-18)17-16-8-14-12(4)22-24-26(14)15-7-11(3)5-6-13(15)25(16)9-20-17/h5-7,9-10H,8H2,1-4H3. The van der Waals surface area contributed by atoms with E-state index in [9.17, 15) is 0 Å². The van der Waals surface area contributed by atoms with Crippen molar-refractivity contribution < 1.29 is 4.52 Å². The summed E-state index contributed by atoms with van der Waals surface area (Å²) in [6, 6.07) is 6.28. The third-order valence-electron chi connectivity index (χ3n) is 4.94. The van der Waals surface area contributed by atoms with Gasteiger partial charge in [0.1, 0.15) is 6.33 Å². The summed E-state index contributed by atoms with van der Waals surface area (Å²) in [5.41, 5.74) is 6.78. The first-order chi connectivity index (χ1) is 13.0. The lowest BCUT2D eigenvalue weighted by atomic mass is 10.1. The van der Waals surface area contributed by atoms with E-state index in [0.29, 0.717) is 23.8 Å². The van der Waals surface area contributed by atoms with Gasteiger partial charge >= 0.3 is 0 Å². The number of rotatable bonds is 2. The average molecular weight is 361 g/mol. The molecular formula is C19H19N7O. The Labute approximate surface area is 155 Å². The van der Waals surface area contributed by atoms with Crippen LogP contribution in [0.5, 0.6) is 0 Å². The number of hydrogen-bond donors (Lipinski definition) is 0. The van der Waals surface area contributed by atoms with Crippen LogP contribution in [0.2, 0.25) is 0 Å². The molecule has 1 aromatic carbocycles. The van der Waals surface area contributed by atoms with Gasteiger partial charge in [-0.3, -0.25) is 4.57 Å². The molecule has 3 aromatic heterocycles. The van der Waals surface area contributed by atoms with Crippen molar-refractivity contribution in [3.05, 3.63) is 53.0 Å². The fourth-order valence-electron chi connectivity index (χ4n) is 3.43. The summed E-state index contributed by atoms with van der Waals surface area (Å²) in [5.74, 6) is 1.32. The van der Waals surface area contributed by atoms with E-state index in [0.717, 1.165) is 34.0 Å². The molecule has 0 aliphatic carbocycles. The van der Waals surface area contributed by atoms with E-state index >= 15 is 0 Å². The fraction of sp³-hybridized carbons (Fsp3) is 0.316. The number of imidazole rings is 1. The molecule has 8 nitrogen and oxygen atoms in total. The molecule has 0 N–H and O–H groups in total. The van der Waals surface area contributed by atoms with E-state index in [1.54, 1.807) is 0 Å². The van der Waals surface area contributed by atoms with Crippen LogP contribution in [0.4, 0.5) is 0 Å². The Kier molecular flexibility index (Phi) is 3.30. The second-order valence-corrected chi connectivity index (χ2v) is 7.22. The van der Waals surface area contributed by atoms with Crippen molar-refractivity contribution >= 4 is 0 Å². The smallest absolute Gasteiger partial charge is 0.278 e. The second-order valence-electron chi connectivity index (χ2n) is 7.22. The van der Waals surface area contributed by atoms with E-state index in [4.69, 9.17) is 4.52 Å². The maximum Gasteiger partial charge on any atom is 0.278 e. The number of hydrogen-bond acceptors (Lipinski definition) is 6. The minimum Gasteiger partial charge on any atom is -0.332 e. The molecule has 0 fully saturated rings. The highest BCUT2D eigenvalue weighted by Crippen LogP contribution is 2.33. The summed E-state index contributed by atoms with van der Waals surface area (Å²) in [4.78, 5) is 9.14. The highest BCUT2D eigenvalue weighted by molar-refractivity contribution is 5.62. The molecule has 0 unspecified atom stereocenters. The summed E-state index contributed by atoms with van der Waals surface area (Å²) in [6.45, 7) is 8.12. The van der Waals surface area contributed by atoms with E-state index in [1.165, 1.54) is 0 Å². The molecule has 4 aromatic rings. The van der Waals surface area contributed by atoms with Gasteiger partial charge in [0.15, 0.2) is 11.5 Å². The molecule has 0 saturated carbocycles. The van der Waals surface area contributed by atoms with E-state index in [1.807, 2.05) is 31.8 Å². The summed E-state index contributed by atoms with van der Waals surface area (Å²) >= 11 is 0. The zero-order chi connectivity index (χ0) is 18.7.